The van der Waals surface area contributed by atoms with Crippen LogP contribution in [0.2, 0.25) is 0 Å². The Labute approximate surface area is 186 Å². The molecule has 4 heterocycles. The van der Waals surface area contributed by atoms with Crippen LogP contribution in [0.3, 0.4) is 0 Å². The van der Waals surface area contributed by atoms with Gasteiger partial charge in [-0.25, -0.2) is 9.97 Å². The summed E-state index contributed by atoms with van der Waals surface area (Å²) in [6.45, 7) is 2.20. The average molecular weight is 430 g/mol. The van der Waals surface area contributed by atoms with Crippen molar-refractivity contribution in [3.63, 3.8) is 0 Å². The highest BCUT2D eigenvalue weighted by molar-refractivity contribution is 6.01. The predicted octanol–water partition coefficient (Wildman–Crippen LogP) is 4.04. The molecule has 0 saturated heterocycles. The molecule has 2 unspecified atom stereocenters. The first-order valence-electron chi connectivity index (χ1n) is 11.5. The molecule has 2 aliphatic carbocycles. The van der Waals surface area contributed by atoms with Crippen LogP contribution in [0.25, 0.3) is 27.9 Å². The maximum Gasteiger partial charge on any atom is 0.256 e. The summed E-state index contributed by atoms with van der Waals surface area (Å²) in [5.41, 5.74) is 3.89. The van der Waals surface area contributed by atoms with Gasteiger partial charge in [0.1, 0.15) is 17.0 Å². The van der Waals surface area contributed by atoms with Gasteiger partial charge in [0.25, 0.3) is 5.91 Å². The molecular weight excluding hydrogens is 402 g/mol. The number of aromatic nitrogens is 5. The molecule has 4 aromatic heterocycles. The molecule has 2 saturated carbocycles. The lowest BCUT2D eigenvalue weighted by Crippen LogP contribution is -2.36. The Balaban J connectivity index is 1.47. The molecule has 8 nitrogen and oxygen atoms in total. The van der Waals surface area contributed by atoms with Gasteiger partial charge >= 0.3 is 0 Å². The summed E-state index contributed by atoms with van der Waals surface area (Å²) in [6.07, 6.45) is 11.3. The second-order valence-corrected chi connectivity index (χ2v) is 9.11. The molecule has 1 amide bonds. The number of fused-ring (bicyclic) bond motifs is 2. The molecule has 32 heavy (non-hydrogen) atoms. The summed E-state index contributed by atoms with van der Waals surface area (Å²) >= 11 is 0. The number of anilines is 1. The van der Waals surface area contributed by atoms with E-state index in [1.54, 1.807) is 10.7 Å². The van der Waals surface area contributed by atoms with Crippen LogP contribution < -0.4 is 10.6 Å². The highest BCUT2D eigenvalue weighted by atomic mass is 16.1. The van der Waals surface area contributed by atoms with Gasteiger partial charge in [-0.2, -0.15) is 9.61 Å². The lowest BCUT2D eigenvalue weighted by Gasteiger charge is -2.16. The Morgan fingerprint density at radius 3 is 2.81 bits per heavy atom. The van der Waals surface area contributed by atoms with Gasteiger partial charge in [0.15, 0.2) is 5.65 Å². The monoisotopic (exact) mass is 429 g/mol. The molecule has 2 fully saturated rings. The lowest BCUT2D eigenvalue weighted by atomic mass is 10.1. The Morgan fingerprint density at radius 2 is 2.06 bits per heavy atom. The SMILES string of the molecule is CNc1cc(-c2cn(C3CC3)c3ncccc23)nc2c(C(=O)NC3CCCC3C)cnn12. The van der Waals surface area contributed by atoms with E-state index in [2.05, 4.69) is 44.5 Å². The van der Waals surface area contributed by atoms with E-state index in [0.29, 0.717) is 23.2 Å². The summed E-state index contributed by atoms with van der Waals surface area (Å²) in [7, 11) is 1.86. The van der Waals surface area contributed by atoms with Crippen molar-refractivity contribution in [2.75, 3.05) is 12.4 Å². The van der Waals surface area contributed by atoms with E-state index in [0.717, 1.165) is 47.4 Å². The fraction of sp³-hybridized carbons (Fsp3) is 0.417. The molecule has 2 N–H and O–H groups in total. The first-order chi connectivity index (χ1) is 15.6. The minimum Gasteiger partial charge on any atom is -0.373 e. The van der Waals surface area contributed by atoms with Gasteiger partial charge in [-0.15, -0.1) is 0 Å². The molecule has 8 heteroatoms. The normalized spacial score (nSPS) is 20.8. The van der Waals surface area contributed by atoms with Gasteiger partial charge in [0.05, 0.1) is 11.9 Å². The van der Waals surface area contributed by atoms with E-state index >= 15 is 0 Å². The van der Waals surface area contributed by atoms with Crippen LogP contribution in [0.4, 0.5) is 5.82 Å². The van der Waals surface area contributed by atoms with Gasteiger partial charge in [-0.05, 0) is 43.7 Å². The maximum atomic E-state index is 13.1. The highest BCUT2D eigenvalue weighted by Crippen LogP contribution is 2.40. The van der Waals surface area contributed by atoms with Crippen LogP contribution >= 0.6 is 0 Å². The molecule has 0 radical (unpaired) electrons. The molecule has 0 spiro atoms. The van der Waals surface area contributed by atoms with Gasteiger partial charge < -0.3 is 15.2 Å². The third-order valence-electron chi connectivity index (χ3n) is 6.96. The summed E-state index contributed by atoms with van der Waals surface area (Å²) in [6, 6.07) is 6.76. The van der Waals surface area contributed by atoms with E-state index in [9.17, 15) is 4.79 Å². The Bertz CT molecular complexity index is 1330. The number of hydrogen-bond donors (Lipinski definition) is 2. The van der Waals surface area contributed by atoms with Gasteiger partial charge in [-0.3, -0.25) is 4.79 Å². The van der Waals surface area contributed by atoms with Crippen molar-refractivity contribution in [3.05, 3.63) is 42.4 Å². The fourth-order valence-corrected chi connectivity index (χ4v) is 4.96. The van der Waals surface area contributed by atoms with Crippen molar-refractivity contribution in [1.82, 2.24) is 29.5 Å². The van der Waals surface area contributed by atoms with Crippen molar-refractivity contribution in [2.24, 2.45) is 5.92 Å². The minimum atomic E-state index is -0.104. The van der Waals surface area contributed by atoms with Gasteiger partial charge in [0, 0.05) is 48.5 Å². The topological polar surface area (TPSA) is 89.1 Å². The second-order valence-electron chi connectivity index (χ2n) is 9.11. The molecule has 0 aromatic carbocycles. The minimum absolute atomic E-state index is 0.104. The molecule has 6 rings (SSSR count). The van der Waals surface area contributed by atoms with Crippen LogP contribution in [0.15, 0.2) is 36.8 Å². The van der Waals surface area contributed by atoms with Crippen LogP contribution in [-0.4, -0.2) is 43.1 Å². The maximum absolute atomic E-state index is 13.1. The van der Waals surface area contributed by atoms with Crippen molar-refractivity contribution >= 4 is 28.4 Å². The quantitative estimate of drug-likeness (QED) is 0.500. The molecule has 0 bridgehead atoms. The molecular formula is C24H27N7O. The zero-order valence-electron chi connectivity index (χ0n) is 18.4. The fourth-order valence-electron chi connectivity index (χ4n) is 4.96. The summed E-state index contributed by atoms with van der Waals surface area (Å²) in [5.74, 6) is 1.18. The summed E-state index contributed by atoms with van der Waals surface area (Å²) in [5, 5.41) is 11.9. The standard InChI is InChI=1S/C24H27N7O/c1-14-5-3-7-19(14)29-24(32)17-12-27-31-21(25-2)11-20(28-23(17)31)18-13-30(15-8-9-15)22-16(18)6-4-10-26-22/h4,6,10-15,19,25H,3,5,7-9H2,1-2H3,(H,29,32). The van der Waals surface area contributed by atoms with Crippen LogP contribution in [0.5, 0.6) is 0 Å². The van der Waals surface area contributed by atoms with E-state index in [4.69, 9.17) is 4.98 Å². The average Bonchev–Trinajstić information content (AvgIpc) is 3.25. The Kier molecular flexibility index (Phi) is 4.41. The molecule has 4 aromatic rings. The van der Waals surface area contributed by atoms with Crippen molar-refractivity contribution < 1.29 is 4.79 Å². The number of carbonyl (C=O) groups excluding carboxylic acids is 1. The second kappa shape index (κ2) is 7.32. The number of hydrogen-bond acceptors (Lipinski definition) is 5. The van der Waals surface area contributed by atoms with E-state index in [1.807, 2.05) is 25.4 Å². The molecule has 2 aliphatic rings. The summed E-state index contributed by atoms with van der Waals surface area (Å²) in [4.78, 5) is 22.7. The third-order valence-corrected chi connectivity index (χ3v) is 6.96. The zero-order chi connectivity index (χ0) is 21.8. The first kappa shape index (κ1) is 19.3. The van der Waals surface area contributed by atoms with E-state index in [-0.39, 0.29) is 11.9 Å². The zero-order valence-corrected chi connectivity index (χ0v) is 18.4. The molecule has 2 atom stereocenters. The number of carbonyl (C=O) groups is 1. The van der Waals surface area contributed by atoms with E-state index < -0.39 is 0 Å². The van der Waals surface area contributed by atoms with Gasteiger partial charge in [0.2, 0.25) is 0 Å². The predicted molar refractivity (Wildman–Crippen MR) is 124 cm³/mol. The number of amides is 1. The number of pyridine rings is 1. The third kappa shape index (κ3) is 3.04. The van der Waals surface area contributed by atoms with Crippen molar-refractivity contribution in [3.8, 4) is 11.3 Å². The largest absolute Gasteiger partial charge is 0.373 e. The first-order valence-corrected chi connectivity index (χ1v) is 11.5. The van der Waals surface area contributed by atoms with Crippen LogP contribution in [0, 0.1) is 5.92 Å². The Morgan fingerprint density at radius 1 is 1.19 bits per heavy atom. The number of nitrogens with zero attached hydrogens (tertiary/aromatic N) is 5. The number of rotatable bonds is 5. The smallest absolute Gasteiger partial charge is 0.256 e. The number of nitrogens with one attached hydrogen (secondary N) is 2. The van der Waals surface area contributed by atoms with E-state index in [1.165, 1.54) is 12.8 Å². The molecule has 0 aliphatic heterocycles. The van der Waals surface area contributed by atoms with Crippen molar-refractivity contribution in [1.29, 1.82) is 0 Å². The highest BCUT2D eigenvalue weighted by Gasteiger charge is 2.29. The lowest BCUT2D eigenvalue weighted by molar-refractivity contribution is 0.0931. The van der Waals surface area contributed by atoms with Crippen molar-refractivity contribution in [2.45, 2.75) is 51.1 Å². The van der Waals surface area contributed by atoms with Gasteiger partial charge in [-0.1, -0.05) is 13.3 Å². The van der Waals surface area contributed by atoms with Crippen LogP contribution in [-0.2, 0) is 0 Å². The van der Waals surface area contributed by atoms with Crippen LogP contribution in [0.1, 0.15) is 55.4 Å². The molecule has 164 valence electrons. The Hall–Kier alpha value is -3.42. The summed E-state index contributed by atoms with van der Waals surface area (Å²) < 4.78 is 3.97.